The van der Waals surface area contributed by atoms with Gasteiger partial charge >= 0.3 is 0 Å². The van der Waals surface area contributed by atoms with E-state index in [4.69, 9.17) is 5.73 Å². The zero-order valence-electron chi connectivity index (χ0n) is 11.8. The fraction of sp³-hybridized carbons (Fsp3) is 0.188. The molecule has 2 aromatic rings. The Labute approximate surface area is 127 Å². The molecule has 0 aliphatic carbocycles. The van der Waals surface area contributed by atoms with E-state index in [-0.39, 0.29) is 5.91 Å². The fourth-order valence-corrected chi connectivity index (χ4v) is 2.64. The minimum absolute atomic E-state index is 0.0466. The highest BCUT2D eigenvalue weighted by Gasteiger charge is 2.19. The second-order valence-electron chi connectivity index (χ2n) is 4.83. The summed E-state index contributed by atoms with van der Waals surface area (Å²) in [5.74, 6) is -0.0466. The van der Waals surface area contributed by atoms with Crippen molar-refractivity contribution < 1.29 is 4.79 Å². The maximum absolute atomic E-state index is 12.7. The molecule has 0 heterocycles. The van der Waals surface area contributed by atoms with Crippen LogP contribution in [0.5, 0.6) is 0 Å². The molecule has 20 heavy (non-hydrogen) atoms. The lowest BCUT2D eigenvalue weighted by Gasteiger charge is -2.21. The summed E-state index contributed by atoms with van der Waals surface area (Å²) < 4.78 is 0.895. The minimum atomic E-state index is -0.0466. The summed E-state index contributed by atoms with van der Waals surface area (Å²) in [5.41, 5.74) is 9.94. The summed E-state index contributed by atoms with van der Waals surface area (Å²) in [6, 6.07) is 11.3. The molecule has 0 radical (unpaired) electrons. The van der Waals surface area contributed by atoms with Crippen LogP contribution in [0.4, 0.5) is 11.4 Å². The Morgan fingerprint density at radius 1 is 1.15 bits per heavy atom. The molecule has 0 aliphatic rings. The quantitative estimate of drug-likeness (QED) is 0.847. The highest BCUT2D eigenvalue weighted by molar-refractivity contribution is 9.10. The maximum atomic E-state index is 12.7. The molecule has 1 amide bonds. The highest BCUT2D eigenvalue weighted by Crippen LogP contribution is 2.28. The Balaban J connectivity index is 2.43. The number of rotatable bonds is 2. The Morgan fingerprint density at radius 3 is 2.30 bits per heavy atom. The van der Waals surface area contributed by atoms with Gasteiger partial charge in [-0.05, 0) is 43.2 Å². The fourth-order valence-electron chi connectivity index (χ4n) is 2.26. The first kappa shape index (κ1) is 14.6. The first-order chi connectivity index (χ1) is 9.41. The van der Waals surface area contributed by atoms with Crippen molar-refractivity contribution in [3.63, 3.8) is 0 Å². The summed E-state index contributed by atoms with van der Waals surface area (Å²) >= 11 is 3.37. The number of nitrogens with two attached hydrogens (primary N) is 1. The third-order valence-corrected chi connectivity index (χ3v) is 3.84. The van der Waals surface area contributed by atoms with E-state index in [9.17, 15) is 4.79 Å². The van der Waals surface area contributed by atoms with Gasteiger partial charge in [-0.15, -0.1) is 0 Å². The molecule has 0 atom stereocenters. The van der Waals surface area contributed by atoms with Gasteiger partial charge in [0.05, 0.1) is 11.4 Å². The van der Waals surface area contributed by atoms with Gasteiger partial charge in [0.1, 0.15) is 0 Å². The number of aryl methyl sites for hydroxylation is 2. The van der Waals surface area contributed by atoms with Crippen LogP contribution in [-0.4, -0.2) is 13.0 Å². The SMILES string of the molecule is Cc1cccc(C)c1C(=O)N(C)c1ccc(Br)cc1N. The Kier molecular flexibility index (Phi) is 4.14. The van der Waals surface area contributed by atoms with E-state index in [1.165, 1.54) is 0 Å². The molecular formula is C16H17BrN2O. The molecule has 2 aromatic carbocycles. The molecule has 3 nitrogen and oxygen atoms in total. The van der Waals surface area contributed by atoms with E-state index >= 15 is 0 Å². The normalized spacial score (nSPS) is 10.4. The van der Waals surface area contributed by atoms with Crippen LogP contribution in [0.15, 0.2) is 40.9 Å². The van der Waals surface area contributed by atoms with Crippen LogP contribution in [-0.2, 0) is 0 Å². The lowest BCUT2D eigenvalue weighted by molar-refractivity contribution is 0.0992. The molecule has 4 heteroatoms. The van der Waals surface area contributed by atoms with Crippen LogP contribution in [0.25, 0.3) is 0 Å². The molecule has 0 saturated heterocycles. The van der Waals surface area contributed by atoms with E-state index in [1.807, 2.05) is 44.2 Å². The molecule has 104 valence electrons. The van der Waals surface area contributed by atoms with Gasteiger partial charge in [-0.2, -0.15) is 0 Å². The number of nitrogens with zero attached hydrogens (tertiary/aromatic N) is 1. The van der Waals surface area contributed by atoms with Crippen molar-refractivity contribution in [1.29, 1.82) is 0 Å². The second-order valence-corrected chi connectivity index (χ2v) is 5.75. The van der Waals surface area contributed by atoms with Crippen molar-refractivity contribution in [3.05, 3.63) is 57.6 Å². The van der Waals surface area contributed by atoms with Gasteiger partial charge in [0.2, 0.25) is 0 Å². The first-order valence-corrected chi connectivity index (χ1v) is 7.10. The number of carbonyl (C=O) groups excluding carboxylic acids is 1. The minimum Gasteiger partial charge on any atom is -0.397 e. The standard InChI is InChI=1S/C16H17BrN2O/c1-10-5-4-6-11(2)15(10)16(20)19(3)14-8-7-12(17)9-13(14)18/h4-9H,18H2,1-3H3. The molecule has 0 fully saturated rings. The molecule has 0 spiro atoms. The van der Waals surface area contributed by atoms with E-state index < -0.39 is 0 Å². The highest BCUT2D eigenvalue weighted by atomic mass is 79.9. The molecule has 0 saturated carbocycles. The van der Waals surface area contributed by atoms with Crippen molar-refractivity contribution in [2.75, 3.05) is 17.7 Å². The predicted molar refractivity (Wildman–Crippen MR) is 87.2 cm³/mol. The summed E-state index contributed by atoms with van der Waals surface area (Å²) in [5, 5.41) is 0. The van der Waals surface area contributed by atoms with Gasteiger partial charge in [0, 0.05) is 17.1 Å². The number of anilines is 2. The summed E-state index contributed by atoms with van der Waals surface area (Å²) in [6.45, 7) is 3.89. The smallest absolute Gasteiger partial charge is 0.258 e. The molecule has 0 unspecified atom stereocenters. The maximum Gasteiger partial charge on any atom is 0.258 e. The number of hydrogen-bond donors (Lipinski definition) is 1. The van der Waals surface area contributed by atoms with Crippen molar-refractivity contribution in [2.24, 2.45) is 0 Å². The number of halogens is 1. The van der Waals surface area contributed by atoms with E-state index in [0.717, 1.165) is 21.2 Å². The predicted octanol–water partition coefficient (Wildman–Crippen LogP) is 3.92. The van der Waals surface area contributed by atoms with Gasteiger partial charge in [-0.3, -0.25) is 4.79 Å². The molecule has 0 aromatic heterocycles. The third-order valence-electron chi connectivity index (χ3n) is 3.35. The summed E-state index contributed by atoms with van der Waals surface area (Å²) in [6.07, 6.45) is 0. The monoisotopic (exact) mass is 332 g/mol. The topological polar surface area (TPSA) is 46.3 Å². The molecule has 0 bridgehead atoms. The van der Waals surface area contributed by atoms with Crippen molar-refractivity contribution >= 4 is 33.2 Å². The zero-order valence-corrected chi connectivity index (χ0v) is 13.4. The van der Waals surface area contributed by atoms with Crippen LogP contribution in [0.2, 0.25) is 0 Å². The average Bonchev–Trinajstić information content (AvgIpc) is 2.37. The van der Waals surface area contributed by atoms with Gasteiger partial charge in [-0.25, -0.2) is 0 Å². The number of amides is 1. The number of carbonyl (C=O) groups is 1. The van der Waals surface area contributed by atoms with Crippen molar-refractivity contribution in [1.82, 2.24) is 0 Å². The molecule has 2 N–H and O–H groups in total. The average molecular weight is 333 g/mol. The van der Waals surface area contributed by atoms with Crippen molar-refractivity contribution in [2.45, 2.75) is 13.8 Å². The van der Waals surface area contributed by atoms with Crippen LogP contribution >= 0.6 is 15.9 Å². The van der Waals surface area contributed by atoms with Crippen LogP contribution in [0, 0.1) is 13.8 Å². The summed E-state index contributed by atoms with van der Waals surface area (Å²) in [4.78, 5) is 14.3. The Bertz CT molecular complexity index is 647. The van der Waals surface area contributed by atoms with Gasteiger partial charge < -0.3 is 10.6 Å². The summed E-state index contributed by atoms with van der Waals surface area (Å²) in [7, 11) is 1.74. The van der Waals surface area contributed by atoms with Crippen LogP contribution in [0.1, 0.15) is 21.5 Å². The number of hydrogen-bond acceptors (Lipinski definition) is 2. The molecule has 0 aliphatic heterocycles. The lowest BCUT2D eigenvalue weighted by atomic mass is 10.0. The third kappa shape index (κ3) is 2.70. The van der Waals surface area contributed by atoms with Gasteiger partial charge in [0.25, 0.3) is 5.91 Å². The van der Waals surface area contributed by atoms with E-state index in [0.29, 0.717) is 11.4 Å². The number of benzene rings is 2. The van der Waals surface area contributed by atoms with Crippen LogP contribution in [0.3, 0.4) is 0 Å². The van der Waals surface area contributed by atoms with Gasteiger partial charge in [0.15, 0.2) is 0 Å². The van der Waals surface area contributed by atoms with Gasteiger partial charge in [-0.1, -0.05) is 34.1 Å². The first-order valence-electron chi connectivity index (χ1n) is 6.31. The van der Waals surface area contributed by atoms with Crippen molar-refractivity contribution in [3.8, 4) is 0 Å². The zero-order chi connectivity index (χ0) is 14.9. The largest absolute Gasteiger partial charge is 0.397 e. The molecule has 2 rings (SSSR count). The van der Waals surface area contributed by atoms with Crippen LogP contribution < -0.4 is 10.6 Å². The second kappa shape index (κ2) is 5.67. The lowest BCUT2D eigenvalue weighted by Crippen LogP contribution is -2.28. The number of nitrogen functional groups attached to an aromatic ring is 1. The molecular weight excluding hydrogens is 316 g/mol. The van der Waals surface area contributed by atoms with E-state index in [2.05, 4.69) is 15.9 Å². The Morgan fingerprint density at radius 2 is 1.75 bits per heavy atom. The van der Waals surface area contributed by atoms with E-state index in [1.54, 1.807) is 18.0 Å². The Hall–Kier alpha value is -1.81.